The Morgan fingerprint density at radius 3 is 2.61 bits per heavy atom. The summed E-state index contributed by atoms with van der Waals surface area (Å²) in [6, 6.07) is 5.45. The monoisotopic (exact) mass is 388 g/mol. The third-order valence-corrected chi connectivity index (χ3v) is 5.26. The summed E-state index contributed by atoms with van der Waals surface area (Å²) in [7, 11) is 3.20. The molecule has 0 radical (unpaired) electrons. The maximum atomic E-state index is 12.6. The van der Waals surface area contributed by atoms with Gasteiger partial charge < -0.3 is 19.3 Å². The molecule has 1 fully saturated rings. The van der Waals surface area contributed by atoms with Crippen molar-refractivity contribution >= 4 is 5.91 Å². The van der Waals surface area contributed by atoms with Crippen LogP contribution in [0.5, 0.6) is 11.5 Å². The SMILES string of the molecule is COc1ccc(CNC(=O)C(C)N2CCC(c3nc(C)no3)CC2)cc1OC. The van der Waals surface area contributed by atoms with E-state index in [1.807, 2.05) is 32.0 Å². The Bertz CT molecular complexity index is 799. The third kappa shape index (κ3) is 4.62. The molecule has 1 amide bonds. The number of piperidine rings is 1. The quantitative estimate of drug-likeness (QED) is 0.778. The summed E-state index contributed by atoms with van der Waals surface area (Å²) in [6.45, 7) is 5.88. The van der Waals surface area contributed by atoms with E-state index in [1.165, 1.54) is 0 Å². The van der Waals surface area contributed by atoms with Crippen LogP contribution in [0, 0.1) is 6.92 Å². The first kappa shape index (κ1) is 20.1. The van der Waals surface area contributed by atoms with Crippen LogP contribution >= 0.6 is 0 Å². The van der Waals surface area contributed by atoms with E-state index in [2.05, 4.69) is 20.4 Å². The van der Waals surface area contributed by atoms with Gasteiger partial charge in [0, 0.05) is 12.5 Å². The number of ether oxygens (including phenoxy) is 2. The summed E-state index contributed by atoms with van der Waals surface area (Å²) in [5.41, 5.74) is 0.962. The van der Waals surface area contributed by atoms with E-state index in [9.17, 15) is 4.79 Å². The lowest BCUT2D eigenvalue weighted by atomic mass is 9.95. The second-order valence-electron chi connectivity index (χ2n) is 7.07. The minimum Gasteiger partial charge on any atom is -0.493 e. The van der Waals surface area contributed by atoms with Gasteiger partial charge in [0.25, 0.3) is 0 Å². The van der Waals surface area contributed by atoms with Crippen LogP contribution in [0.15, 0.2) is 22.7 Å². The van der Waals surface area contributed by atoms with Crippen LogP contribution in [-0.2, 0) is 11.3 Å². The lowest BCUT2D eigenvalue weighted by molar-refractivity contribution is -0.126. The predicted molar refractivity (Wildman–Crippen MR) is 103 cm³/mol. The second kappa shape index (κ2) is 9.05. The van der Waals surface area contributed by atoms with Crippen LogP contribution in [0.3, 0.4) is 0 Å². The zero-order valence-corrected chi connectivity index (χ0v) is 16.9. The van der Waals surface area contributed by atoms with E-state index in [0.717, 1.165) is 31.5 Å². The number of likely N-dealkylation sites (tertiary alicyclic amines) is 1. The Hall–Kier alpha value is -2.61. The van der Waals surface area contributed by atoms with Gasteiger partial charge in [-0.15, -0.1) is 0 Å². The van der Waals surface area contributed by atoms with Gasteiger partial charge in [-0.2, -0.15) is 4.98 Å². The summed E-state index contributed by atoms with van der Waals surface area (Å²) in [5, 5.41) is 6.88. The van der Waals surface area contributed by atoms with Gasteiger partial charge in [-0.05, 0) is 57.5 Å². The van der Waals surface area contributed by atoms with E-state index in [4.69, 9.17) is 14.0 Å². The number of nitrogens with zero attached hydrogens (tertiary/aromatic N) is 3. The van der Waals surface area contributed by atoms with Gasteiger partial charge in [-0.3, -0.25) is 9.69 Å². The maximum absolute atomic E-state index is 12.6. The van der Waals surface area contributed by atoms with Gasteiger partial charge in [0.05, 0.1) is 20.3 Å². The van der Waals surface area contributed by atoms with E-state index in [0.29, 0.717) is 29.8 Å². The van der Waals surface area contributed by atoms with Crippen molar-refractivity contribution < 1.29 is 18.8 Å². The van der Waals surface area contributed by atoms with Crippen molar-refractivity contribution in [3.05, 3.63) is 35.5 Å². The number of nitrogens with one attached hydrogen (secondary N) is 1. The minimum atomic E-state index is -0.189. The molecule has 1 aliphatic rings. The molecule has 0 aliphatic carbocycles. The van der Waals surface area contributed by atoms with E-state index in [1.54, 1.807) is 14.2 Å². The Labute approximate surface area is 165 Å². The lowest BCUT2D eigenvalue weighted by Gasteiger charge is -2.34. The minimum absolute atomic E-state index is 0.0156. The molecule has 2 heterocycles. The molecule has 1 unspecified atom stereocenters. The van der Waals surface area contributed by atoms with Gasteiger partial charge in [-0.25, -0.2) is 0 Å². The highest BCUT2D eigenvalue weighted by atomic mass is 16.5. The first-order valence-corrected chi connectivity index (χ1v) is 9.54. The number of rotatable bonds is 7. The molecule has 1 atom stereocenters. The smallest absolute Gasteiger partial charge is 0.237 e. The molecular weight excluding hydrogens is 360 g/mol. The Morgan fingerprint density at radius 2 is 2.00 bits per heavy atom. The van der Waals surface area contributed by atoms with Crippen LogP contribution in [0.2, 0.25) is 0 Å². The second-order valence-corrected chi connectivity index (χ2v) is 7.07. The molecule has 152 valence electrons. The Balaban J connectivity index is 1.50. The van der Waals surface area contributed by atoms with E-state index in [-0.39, 0.29) is 17.9 Å². The van der Waals surface area contributed by atoms with E-state index >= 15 is 0 Å². The van der Waals surface area contributed by atoms with Crippen molar-refractivity contribution in [3.63, 3.8) is 0 Å². The van der Waals surface area contributed by atoms with Crippen LogP contribution < -0.4 is 14.8 Å². The zero-order chi connectivity index (χ0) is 20.1. The lowest BCUT2D eigenvalue weighted by Crippen LogP contribution is -2.47. The Morgan fingerprint density at radius 1 is 1.29 bits per heavy atom. The van der Waals surface area contributed by atoms with Crippen molar-refractivity contribution in [2.75, 3.05) is 27.3 Å². The number of carbonyl (C=O) groups excluding carboxylic acids is 1. The summed E-state index contributed by atoms with van der Waals surface area (Å²) in [6.07, 6.45) is 1.82. The number of amides is 1. The fourth-order valence-electron chi connectivity index (χ4n) is 3.51. The molecular formula is C20H28N4O4. The third-order valence-electron chi connectivity index (χ3n) is 5.26. The van der Waals surface area contributed by atoms with Crippen LogP contribution in [-0.4, -0.2) is 54.3 Å². The topological polar surface area (TPSA) is 89.7 Å². The van der Waals surface area contributed by atoms with Crippen molar-refractivity contribution in [2.24, 2.45) is 0 Å². The zero-order valence-electron chi connectivity index (χ0n) is 16.9. The molecule has 1 N–H and O–H groups in total. The highest BCUT2D eigenvalue weighted by Gasteiger charge is 2.29. The van der Waals surface area contributed by atoms with Crippen molar-refractivity contribution in [1.82, 2.24) is 20.4 Å². The molecule has 8 heteroatoms. The first-order valence-electron chi connectivity index (χ1n) is 9.54. The first-order chi connectivity index (χ1) is 13.5. The van der Waals surface area contributed by atoms with Gasteiger partial charge in [0.2, 0.25) is 11.8 Å². The van der Waals surface area contributed by atoms with Gasteiger partial charge in [0.15, 0.2) is 17.3 Å². The molecule has 2 aromatic rings. The summed E-state index contributed by atoms with van der Waals surface area (Å²) in [5.74, 6) is 3.00. The molecule has 1 aromatic carbocycles. The molecule has 8 nitrogen and oxygen atoms in total. The number of hydrogen-bond acceptors (Lipinski definition) is 7. The summed E-state index contributed by atoms with van der Waals surface area (Å²) >= 11 is 0. The van der Waals surface area contributed by atoms with Crippen molar-refractivity contribution in [3.8, 4) is 11.5 Å². The molecule has 3 rings (SSSR count). The standard InChI is InChI=1S/C20H28N4O4/c1-13(24-9-7-16(8-10-24)20-22-14(2)23-28-20)19(25)21-12-15-5-6-17(26-3)18(11-15)27-4/h5-6,11,13,16H,7-10,12H2,1-4H3,(H,21,25). The number of methoxy groups -OCH3 is 2. The fourth-order valence-corrected chi connectivity index (χ4v) is 3.51. The summed E-state index contributed by atoms with van der Waals surface area (Å²) < 4.78 is 15.8. The number of benzene rings is 1. The molecule has 0 saturated carbocycles. The molecule has 1 aliphatic heterocycles. The normalized spacial score (nSPS) is 16.6. The van der Waals surface area contributed by atoms with E-state index < -0.39 is 0 Å². The molecule has 1 saturated heterocycles. The number of aryl methyl sites for hydroxylation is 1. The van der Waals surface area contributed by atoms with Crippen molar-refractivity contribution in [1.29, 1.82) is 0 Å². The molecule has 0 bridgehead atoms. The molecule has 1 aromatic heterocycles. The fraction of sp³-hybridized carbons (Fsp3) is 0.550. The predicted octanol–water partition coefficient (Wildman–Crippen LogP) is 2.28. The Kier molecular flexibility index (Phi) is 6.51. The van der Waals surface area contributed by atoms with Crippen molar-refractivity contribution in [2.45, 2.75) is 45.2 Å². The molecule has 28 heavy (non-hydrogen) atoms. The number of hydrogen-bond donors (Lipinski definition) is 1. The number of aromatic nitrogens is 2. The highest BCUT2D eigenvalue weighted by molar-refractivity contribution is 5.81. The van der Waals surface area contributed by atoms with Gasteiger partial charge in [-0.1, -0.05) is 11.2 Å². The average molecular weight is 388 g/mol. The summed E-state index contributed by atoms with van der Waals surface area (Å²) in [4.78, 5) is 19.1. The average Bonchev–Trinajstić information content (AvgIpc) is 3.17. The van der Waals surface area contributed by atoms with Gasteiger partial charge >= 0.3 is 0 Å². The molecule has 0 spiro atoms. The highest BCUT2D eigenvalue weighted by Crippen LogP contribution is 2.28. The maximum Gasteiger partial charge on any atom is 0.237 e. The number of carbonyl (C=O) groups is 1. The van der Waals surface area contributed by atoms with Crippen LogP contribution in [0.25, 0.3) is 0 Å². The largest absolute Gasteiger partial charge is 0.493 e. The van der Waals surface area contributed by atoms with Crippen LogP contribution in [0.1, 0.15) is 43.0 Å². The van der Waals surface area contributed by atoms with Crippen LogP contribution in [0.4, 0.5) is 0 Å². The van der Waals surface area contributed by atoms with Gasteiger partial charge in [0.1, 0.15) is 0 Å².